The van der Waals surface area contributed by atoms with Crippen molar-refractivity contribution in [3.63, 3.8) is 0 Å². The van der Waals surface area contributed by atoms with Crippen molar-refractivity contribution >= 4 is 29.3 Å². The molecule has 0 amide bonds. The lowest BCUT2D eigenvalue weighted by Crippen LogP contribution is -2.42. The molecule has 0 saturated carbocycles. The third kappa shape index (κ3) is 5.69. The number of thiocarbonyl (C=S) groups is 1. The highest BCUT2D eigenvalue weighted by molar-refractivity contribution is 7.80. The minimum Gasteiger partial charge on any atom is -0.481 e. The number of unbranched alkanes of at least 4 members (excludes halogenated alkanes) is 2. The summed E-state index contributed by atoms with van der Waals surface area (Å²) in [6.45, 7) is 2.45. The van der Waals surface area contributed by atoms with Crippen LogP contribution in [0.1, 0.15) is 32.6 Å². The van der Waals surface area contributed by atoms with Gasteiger partial charge in [0, 0.05) is 12.1 Å². The van der Waals surface area contributed by atoms with Gasteiger partial charge in [-0.05, 0) is 38.4 Å². The number of carboxylic acids is 1. The van der Waals surface area contributed by atoms with Crippen molar-refractivity contribution in [1.29, 1.82) is 0 Å². The van der Waals surface area contributed by atoms with Gasteiger partial charge in [0.1, 0.15) is 0 Å². The highest BCUT2D eigenvalue weighted by atomic mass is 32.1. The summed E-state index contributed by atoms with van der Waals surface area (Å²) >= 11 is 4.92. The van der Waals surface area contributed by atoms with E-state index in [1.54, 1.807) is 6.92 Å². The number of carbonyl (C=O) groups excluding carboxylic acids is 1. The topological polar surface area (TPSA) is 87.7 Å². The van der Waals surface area contributed by atoms with Crippen molar-refractivity contribution in [1.82, 2.24) is 10.6 Å². The van der Waals surface area contributed by atoms with Crippen molar-refractivity contribution in [3.8, 4) is 0 Å². The second kappa shape index (κ2) is 7.73. The molecule has 3 N–H and O–H groups in total. The molecule has 1 aliphatic rings. The maximum absolute atomic E-state index is 11.8. The molecule has 0 spiro atoms. The van der Waals surface area contributed by atoms with Crippen molar-refractivity contribution in [2.75, 3.05) is 13.2 Å². The summed E-state index contributed by atoms with van der Waals surface area (Å²) in [5, 5.41) is 14.7. The van der Waals surface area contributed by atoms with Crippen LogP contribution < -0.4 is 10.6 Å². The summed E-state index contributed by atoms with van der Waals surface area (Å²) < 4.78 is 5.13. The molecule has 7 heteroatoms. The lowest BCUT2D eigenvalue weighted by atomic mass is 10.2. The van der Waals surface area contributed by atoms with E-state index < -0.39 is 5.97 Å². The van der Waals surface area contributed by atoms with Crippen molar-refractivity contribution in [2.24, 2.45) is 0 Å². The Hall–Kier alpha value is -1.63. The van der Waals surface area contributed by atoms with Gasteiger partial charge in [-0.2, -0.15) is 0 Å². The van der Waals surface area contributed by atoms with Gasteiger partial charge in [-0.1, -0.05) is 0 Å². The normalized spacial score (nSPS) is 14.7. The molecule has 0 atom stereocenters. The van der Waals surface area contributed by atoms with Gasteiger partial charge >= 0.3 is 11.9 Å². The number of aliphatic carboxylic acids is 1. The molecule has 0 aromatic carbocycles. The first kappa shape index (κ1) is 15.4. The Morgan fingerprint density at radius 2 is 2.11 bits per heavy atom. The molecule has 0 radical (unpaired) electrons. The number of nitrogens with one attached hydrogen (secondary N) is 2. The van der Waals surface area contributed by atoms with Crippen LogP contribution >= 0.6 is 12.2 Å². The van der Waals surface area contributed by atoms with Crippen LogP contribution in [-0.2, 0) is 14.3 Å². The van der Waals surface area contributed by atoms with Gasteiger partial charge in [0.25, 0.3) is 0 Å². The largest absolute Gasteiger partial charge is 0.481 e. The monoisotopic (exact) mass is 286 g/mol. The molecule has 0 aromatic rings. The number of allylic oxidation sites excluding steroid dienone is 1. The first-order chi connectivity index (χ1) is 9.00. The Kier molecular flexibility index (Phi) is 6.27. The summed E-state index contributed by atoms with van der Waals surface area (Å²) in [5.74, 6) is -1.16. The number of hydrogen-bond acceptors (Lipinski definition) is 4. The molecule has 1 aliphatic heterocycles. The Balaban J connectivity index is 2.23. The van der Waals surface area contributed by atoms with Crippen LogP contribution in [0.3, 0.4) is 0 Å². The molecule has 1 heterocycles. The van der Waals surface area contributed by atoms with Gasteiger partial charge < -0.3 is 20.5 Å². The maximum atomic E-state index is 11.8. The number of carbonyl (C=O) groups is 2. The minimum absolute atomic E-state index is 0.156. The summed E-state index contributed by atoms with van der Waals surface area (Å²) in [6.07, 6.45) is 2.16. The van der Waals surface area contributed by atoms with Crippen LogP contribution in [0.5, 0.6) is 0 Å². The van der Waals surface area contributed by atoms with Gasteiger partial charge in [0.15, 0.2) is 5.11 Å². The van der Waals surface area contributed by atoms with Crippen LogP contribution in [0, 0.1) is 0 Å². The van der Waals surface area contributed by atoms with E-state index in [9.17, 15) is 9.59 Å². The summed E-state index contributed by atoms with van der Waals surface area (Å²) in [4.78, 5) is 22.1. The standard InChI is InChI=1S/C12H18N2O4S/c1-8-9(7-13-12(19)14-8)11(17)18-6-4-2-3-5-10(15)16/h2-7H2,1H3,(H,15,16)(H2,13,14,19). The fourth-order valence-corrected chi connectivity index (χ4v) is 1.85. The van der Waals surface area contributed by atoms with Gasteiger partial charge in [-0.3, -0.25) is 4.79 Å². The van der Waals surface area contributed by atoms with E-state index >= 15 is 0 Å². The zero-order chi connectivity index (χ0) is 14.3. The average Bonchev–Trinajstić information content (AvgIpc) is 2.32. The fraction of sp³-hybridized carbons (Fsp3) is 0.583. The zero-order valence-electron chi connectivity index (χ0n) is 10.8. The Morgan fingerprint density at radius 3 is 2.74 bits per heavy atom. The molecule has 0 fully saturated rings. The summed E-state index contributed by atoms with van der Waals surface area (Å²) in [7, 11) is 0. The summed E-state index contributed by atoms with van der Waals surface area (Å²) in [6, 6.07) is 0. The van der Waals surface area contributed by atoms with E-state index in [4.69, 9.17) is 22.1 Å². The second-order valence-corrected chi connectivity index (χ2v) is 4.66. The molecule has 0 aromatic heterocycles. The van der Waals surface area contributed by atoms with E-state index in [0.717, 1.165) is 6.42 Å². The number of esters is 1. The Labute approximate surface area is 117 Å². The highest BCUT2D eigenvalue weighted by Gasteiger charge is 2.19. The highest BCUT2D eigenvalue weighted by Crippen LogP contribution is 2.08. The summed E-state index contributed by atoms with van der Waals surface area (Å²) in [5.41, 5.74) is 1.25. The number of ether oxygens (including phenoxy) is 1. The molecule has 6 nitrogen and oxygen atoms in total. The number of hydrogen-bond donors (Lipinski definition) is 3. The Morgan fingerprint density at radius 1 is 1.37 bits per heavy atom. The van der Waals surface area contributed by atoms with Crippen LogP contribution in [0.15, 0.2) is 11.3 Å². The lowest BCUT2D eigenvalue weighted by molar-refractivity contribution is -0.140. The van der Waals surface area contributed by atoms with E-state index in [1.807, 2.05) is 0 Å². The van der Waals surface area contributed by atoms with Crippen LogP contribution in [0.4, 0.5) is 0 Å². The SMILES string of the molecule is CC1=C(C(=O)OCCCCCC(=O)O)CNC(=S)N1. The van der Waals surface area contributed by atoms with E-state index in [2.05, 4.69) is 10.6 Å². The van der Waals surface area contributed by atoms with E-state index in [0.29, 0.717) is 42.4 Å². The van der Waals surface area contributed by atoms with E-state index in [1.165, 1.54) is 0 Å². The third-order valence-electron chi connectivity index (χ3n) is 2.69. The average molecular weight is 286 g/mol. The molecular weight excluding hydrogens is 268 g/mol. The van der Waals surface area contributed by atoms with Gasteiger partial charge in [-0.15, -0.1) is 0 Å². The Bertz CT molecular complexity index is 407. The fourth-order valence-electron chi connectivity index (χ4n) is 1.62. The lowest BCUT2D eigenvalue weighted by Gasteiger charge is -2.20. The minimum atomic E-state index is -0.798. The van der Waals surface area contributed by atoms with Crippen molar-refractivity contribution in [2.45, 2.75) is 32.6 Å². The van der Waals surface area contributed by atoms with Gasteiger partial charge in [0.2, 0.25) is 0 Å². The smallest absolute Gasteiger partial charge is 0.337 e. The predicted molar refractivity (Wildman–Crippen MR) is 73.5 cm³/mol. The molecule has 0 bridgehead atoms. The molecule has 0 aliphatic carbocycles. The number of carboxylic acid groups (broad SMARTS) is 1. The van der Waals surface area contributed by atoms with Crippen LogP contribution in [-0.4, -0.2) is 35.3 Å². The second-order valence-electron chi connectivity index (χ2n) is 4.25. The molecule has 0 unspecified atom stereocenters. The van der Waals surface area contributed by atoms with Gasteiger partial charge in [0.05, 0.1) is 18.7 Å². The van der Waals surface area contributed by atoms with E-state index in [-0.39, 0.29) is 12.4 Å². The van der Waals surface area contributed by atoms with Gasteiger partial charge in [-0.25, -0.2) is 4.79 Å². The van der Waals surface area contributed by atoms with Crippen molar-refractivity contribution < 1.29 is 19.4 Å². The quantitative estimate of drug-likeness (QED) is 0.364. The third-order valence-corrected chi connectivity index (χ3v) is 2.94. The first-order valence-electron chi connectivity index (χ1n) is 6.14. The molecular formula is C12H18N2O4S. The van der Waals surface area contributed by atoms with Crippen LogP contribution in [0.25, 0.3) is 0 Å². The number of rotatable bonds is 7. The predicted octanol–water partition coefficient (Wildman–Crippen LogP) is 0.926. The maximum Gasteiger partial charge on any atom is 0.337 e. The zero-order valence-corrected chi connectivity index (χ0v) is 11.6. The molecule has 19 heavy (non-hydrogen) atoms. The first-order valence-corrected chi connectivity index (χ1v) is 6.55. The molecule has 1 rings (SSSR count). The van der Waals surface area contributed by atoms with Crippen LogP contribution in [0.2, 0.25) is 0 Å². The molecule has 106 valence electrons. The van der Waals surface area contributed by atoms with Crippen molar-refractivity contribution in [3.05, 3.63) is 11.3 Å². The molecule has 0 saturated heterocycles.